The predicted molar refractivity (Wildman–Crippen MR) is 119 cm³/mol. The van der Waals surface area contributed by atoms with Gasteiger partial charge in [-0.2, -0.15) is 0 Å². The molecule has 2 aliphatic heterocycles. The third-order valence-corrected chi connectivity index (χ3v) is 8.01. The van der Waals surface area contributed by atoms with Gasteiger partial charge in [-0.25, -0.2) is 4.39 Å². The van der Waals surface area contributed by atoms with Crippen LogP contribution in [0.2, 0.25) is 0 Å². The number of allylic oxidation sites excluding steroid dienone is 1. The van der Waals surface area contributed by atoms with E-state index in [2.05, 4.69) is 16.0 Å². The highest BCUT2D eigenvalue weighted by molar-refractivity contribution is 5.84. The quantitative estimate of drug-likeness (QED) is 0.707. The fraction of sp³-hybridized carbons (Fsp3) is 0.615. The number of benzene rings is 1. The Kier molecular flexibility index (Phi) is 5.61. The molecule has 0 radical (unpaired) electrons. The molecule has 1 aromatic rings. The van der Waals surface area contributed by atoms with Gasteiger partial charge in [-0.15, -0.1) is 0 Å². The number of halogens is 1. The second-order valence-electron chi connectivity index (χ2n) is 10.1. The molecule has 160 valence electrons. The van der Waals surface area contributed by atoms with E-state index in [-0.39, 0.29) is 5.82 Å². The number of fused-ring (bicyclic) bond motifs is 2. The molecule has 4 unspecified atom stereocenters. The average Bonchev–Trinajstić information content (AvgIpc) is 3.37. The van der Waals surface area contributed by atoms with Crippen molar-refractivity contribution in [2.24, 2.45) is 22.7 Å². The lowest BCUT2D eigenvalue weighted by Gasteiger charge is -2.38. The van der Waals surface area contributed by atoms with Crippen molar-refractivity contribution in [3.63, 3.8) is 0 Å². The Morgan fingerprint density at radius 3 is 2.60 bits per heavy atom. The molecule has 30 heavy (non-hydrogen) atoms. The highest BCUT2D eigenvalue weighted by atomic mass is 19.1. The van der Waals surface area contributed by atoms with Gasteiger partial charge in [0.05, 0.1) is 6.54 Å². The van der Waals surface area contributed by atoms with Crippen molar-refractivity contribution in [3.05, 3.63) is 46.3 Å². The van der Waals surface area contributed by atoms with Crippen molar-refractivity contribution in [3.8, 4) is 0 Å². The van der Waals surface area contributed by atoms with Gasteiger partial charge >= 0.3 is 0 Å². The monoisotopic (exact) mass is 408 g/mol. The summed E-state index contributed by atoms with van der Waals surface area (Å²) in [6, 6.07) is 4.41. The van der Waals surface area contributed by atoms with Crippen LogP contribution >= 0.6 is 0 Å². The zero-order valence-electron chi connectivity index (χ0n) is 18.1. The number of rotatable bonds is 5. The zero-order valence-corrected chi connectivity index (χ0v) is 18.1. The number of Topliss-reactive ketones (excluding diaryl/α,β-unsaturated/α-hetero) is 1. The van der Waals surface area contributed by atoms with Crippen LogP contribution in [-0.2, 0) is 17.6 Å². The standard InChI is InChI=1S/C26H33FN2O/c1-17-8-20-10-22-15-29(16-23(22)11-21(20)13-25(17)27)26-5-3-2-4-19(26)12-24(30)9-18-6-7-28-14-18/h6-8,13,19,22-23,26H,2-5,9-12,14-16H2,1H3. The summed E-state index contributed by atoms with van der Waals surface area (Å²) in [4.78, 5) is 19.7. The van der Waals surface area contributed by atoms with Crippen molar-refractivity contribution in [1.29, 1.82) is 0 Å². The fourth-order valence-corrected chi connectivity index (χ4v) is 6.46. The van der Waals surface area contributed by atoms with Gasteiger partial charge in [-0.3, -0.25) is 14.7 Å². The lowest BCUT2D eigenvalue weighted by Crippen LogP contribution is -2.42. The number of ketones is 1. The second kappa shape index (κ2) is 8.37. The third kappa shape index (κ3) is 4.03. The Morgan fingerprint density at radius 2 is 1.87 bits per heavy atom. The molecule has 0 spiro atoms. The van der Waals surface area contributed by atoms with Gasteiger partial charge in [0.15, 0.2) is 0 Å². The van der Waals surface area contributed by atoms with Crippen LogP contribution in [0.1, 0.15) is 55.2 Å². The first-order valence-corrected chi connectivity index (χ1v) is 11.8. The summed E-state index contributed by atoms with van der Waals surface area (Å²) in [5.41, 5.74) is 4.53. The number of aliphatic imine (C=N–C) groups is 1. The highest BCUT2D eigenvalue weighted by Crippen LogP contribution is 2.41. The van der Waals surface area contributed by atoms with E-state index in [9.17, 15) is 9.18 Å². The number of nitrogens with zero attached hydrogens (tertiary/aromatic N) is 2. The SMILES string of the molecule is Cc1cc2c(cc1F)CC1CN(C3CCCCC3CC(=O)CC3=CC=NC3)CC1C2. The normalized spacial score (nSPS) is 30.8. The maximum absolute atomic E-state index is 14.1. The Labute approximate surface area is 179 Å². The van der Waals surface area contributed by atoms with E-state index in [1.165, 1.54) is 42.4 Å². The number of likely N-dealkylation sites (tertiary alicyclic amines) is 1. The molecule has 0 amide bonds. The van der Waals surface area contributed by atoms with Gasteiger partial charge in [-0.05, 0) is 84.8 Å². The van der Waals surface area contributed by atoms with E-state index >= 15 is 0 Å². The largest absolute Gasteiger partial charge is 0.300 e. The summed E-state index contributed by atoms with van der Waals surface area (Å²) in [5, 5.41) is 0. The lowest BCUT2D eigenvalue weighted by atomic mass is 9.77. The van der Waals surface area contributed by atoms with E-state index in [0.29, 0.717) is 42.5 Å². The summed E-state index contributed by atoms with van der Waals surface area (Å²) in [6.45, 7) is 4.85. The molecule has 1 saturated carbocycles. The van der Waals surface area contributed by atoms with Gasteiger partial charge in [0.2, 0.25) is 0 Å². The van der Waals surface area contributed by atoms with E-state index < -0.39 is 0 Å². The maximum atomic E-state index is 14.1. The second-order valence-corrected chi connectivity index (χ2v) is 10.1. The first kappa shape index (κ1) is 20.1. The van der Waals surface area contributed by atoms with E-state index in [4.69, 9.17) is 0 Å². The molecule has 5 rings (SSSR count). The molecule has 1 saturated heterocycles. The van der Waals surface area contributed by atoms with Gasteiger partial charge in [0.1, 0.15) is 11.6 Å². The van der Waals surface area contributed by atoms with Crippen LogP contribution in [0.3, 0.4) is 0 Å². The summed E-state index contributed by atoms with van der Waals surface area (Å²) in [6.07, 6.45) is 12.2. The van der Waals surface area contributed by atoms with E-state index in [1.54, 1.807) is 6.07 Å². The van der Waals surface area contributed by atoms with Gasteiger partial charge in [-0.1, -0.05) is 18.9 Å². The number of hydrogen-bond acceptors (Lipinski definition) is 3. The zero-order chi connectivity index (χ0) is 20.7. The molecule has 2 heterocycles. The topological polar surface area (TPSA) is 32.7 Å². The van der Waals surface area contributed by atoms with Crippen LogP contribution in [0.25, 0.3) is 0 Å². The summed E-state index contributed by atoms with van der Waals surface area (Å²) in [7, 11) is 0. The number of carbonyl (C=O) groups excluding carboxylic acids is 1. The summed E-state index contributed by atoms with van der Waals surface area (Å²) in [5.74, 6) is 2.14. The summed E-state index contributed by atoms with van der Waals surface area (Å²) >= 11 is 0. The Bertz CT molecular complexity index is 850. The maximum Gasteiger partial charge on any atom is 0.137 e. The Morgan fingerprint density at radius 1 is 1.13 bits per heavy atom. The van der Waals surface area contributed by atoms with Crippen molar-refractivity contribution >= 4 is 12.0 Å². The Balaban J connectivity index is 1.24. The molecule has 4 atom stereocenters. The molecular weight excluding hydrogens is 375 g/mol. The van der Waals surface area contributed by atoms with Crippen molar-refractivity contribution < 1.29 is 9.18 Å². The van der Waals surface area contributed by atoms with E-state index in [1.807, 2.05) is 19.2 Å². The lowest BCUT2D eigenvalue weighted by molar-refractivity contribution is -0.120. The van der Waals surface area contributed by atoms with Crippen LogP contribution in [0.4, 0.5) is 4.39 Å². The predicted octanol–water partition coefficient (Wildman–Crippen LogP) is 4.70. The number of hydrogen-bond donors (Lipinski definition) is 0. The smallest absolute Gasteiger partial charge is 0.137 e. The van der Waals surface area contributed by atoms with E-state index in [0.717, 1.165) is 37.9 Å². The summed E-state index contributed by atoms with van der Waals surface area (Å²) < 4.78 is 14.1. The molecule has 2 fully saturated rings. The van der Waals surface area contributed by atoms with Crippen LogP contribution in [0.5, 0.6) is 0 Å². The van der Waals surface area contributed by atoms with Crippen LogP contribution in [-0.4, -0.2) is 42.6 Å². The molecule has 3 nitrogen and oxygen atoms in total. The molecule has 0 N–H and O–H groups in total. The number of aryl methyl sites for hydroxylation is 1. The van der Waals surface area contributed by atoms with Crippen molar-refractivity contribution in [2.75, 3.05) is 19.6 Å². The first-order chi connectivity index (χ1) is 14.6. The molecule has 0 aromatic heterocycles. The highest BCUT2D eigenvalue weighted by Gasteiger charge is 2.41. The first-order valence-electron chi connectivity index (χ1n) is 11.8. The molecule has 0 bridgehead atoms. The van der Waals surface area contributed by atoms with Gasteiger partial charge in [0.25, 0.3) is 0 Å². The molecule has 4 aliphatic rings. The minimum atomic E-state index is -0.0595. The average molecular weight is 409 g/mol. The Hall–Kier alpha value is -1.81. The van der Waals surface area contributed by atoms with Crippen LogP contribution < -0.4 is 0 Å². The molecular formula is C26H33FN2O. The molecule has 1 aromatic carbocycles. The number of carbonyl (C=O) groups is 1. The fourth-order valence-electron chi connectivity index (χ4n) is 6.46. The minimum Gasteiger partial charge on any atom is -0.300 e. The molecule has 4 heteroatoms. The van der Waals surface area contributed by atoms with Crippen molar-refractivity contribution in [1.82, 2.24) is 4.90 Å². The minimum absolute atomic E-state index is 0.0595. The van der Waals surface area contributed by atoms with Crippen molar-refractivity contribution in [2.45, 2.75) is 64.3 Å². The third-order valence-electron chi connectivity index (χ3n) is 8.01. The van der Waals surface area contributed by atoms with Gasteiger partial charge < -0.3 is 0 Å². The van der Waals surface area contributed by atoms with Crippen LogP contribution in [0, 0.1) is 30.5 Å². The van der Waals surface area contributed by atoms with Crippen LogP contribution in [0.15, 0.2) is 28.8 Å². The van der Waals surface area contributed by atoms with Gasteiger partial charge in [0, 0.05) is 38.2 Å². The molecule has 2 aliphatic carbocycles.